The Bertz CT molecular complexity index is 1780. The summed E-state index contributed by atoms with van der Waals surface area (Å²) in [6.45, 7) is 28.3. The van der Waals surface area contributed by atoms with Crippen molar-refractivity contribution >= 4 is 105 Å². The molecule has 4 aromatic rings. The van der Waals surface area contributed by atoms with E-state index in [-0.39, 0.29) is 21.7 Å². The summed E-state index contributed by atoms with van der Waals surface area (Å²) >= 11 is 3.86. The summed E-state index contributed by atoms with van der Waals surface area (Å²) in [6.07, 6.45) is 0. The molecule has 64 heavy (non-hydrogen) atoms. The molecule has 0 amide bonds. The van der Waals surface area contributed by atoms with E-state index in [2.05, 4.69) is 132 Å². The molecule has 1 heterocycles. The maximum absolute atomic E-state index is 6.33. The first-order chi connectivity index (χ1) is 30.1. The van der Waals surface area contributed by atoms with Gasteiger partial charge in [-0.3, -0.25) is 0 Å². The summed E-state index contributed by atoms with van der Waals surface area (Å²) in [5.74, 6) is 4.58. The molecule has 4 nitrogen and oxygen atoms in total. The monoisotopic (exact) mass is 1400 g/mol. The molecule has 8 bridgehead atoms. The van der Waals surface area contributed by atoms with Crippen molar-refractivity contribution in [3.05, 3.63) is 115 Å². The summed E-state index contributed by atoms with van der Waals surface area (Å²) in [5.41, 5.74) is 17.3. The average molecular weight is 1390 g/mol. The maximum atomic E-state index is 6.33. The molecule has 0 aromatic heterocycles. The number of fused-ring (bicyclic) bond motifs is 8. The SMILES string of the molecule is COc1c2cc(C(C)(C)C)cc1C[Se][Se]Cc1cc(C(C)(C)C)cc(c1OC)C[Se][Se]Cc1cc(C(C)(C)C)cc(c1OC)C[Se][Se]Cc1cc(C(C)(C)C)cc(c1OC)C[Se][Se]C2. The van der Waals surface area contributed by atoms with Gasteiger partial charge in [0, 0.05) is 0 Å². The van der Waals surface area contributed by atoms with Crippen molar-refractivity contribution in [2.75, 3.05) is 28.4 Å². The molecule has 0 spiro atoms. The Morgan fingerprint density at radius 2 is 0.391 bits per heavy atom. The third-order valence-electron chi connectivity index (χ3n) is 11.3. The summed E-state index contributed by atoms with van der Waals surface area (Å²) in [5, 5.41) is 8.85. The molecule has 0 atom stereocenters. The van der Waals surface area contributed by atoms with E-state index in [1.807, 2.05) is 28.4 Å². The number of hydrogen-bond donors (Lipinski definition) is 0. The van der Waals surface area contributed by atoms with E-state index in [4.69, 9.17) is 18.9 Å². The Labute approximate surface area is 433 Å². The van der Waals surface area contributed by atoms with Crippen LogP contribution in [0.25, 0.3) is 0 Å². The second kappa shape index (κ2) is 24.4. The number of ether oxygens (including phenoxy) is 4. The van der Waals surface area contributed by atoms with E-state index in [9.17, 15) is 0 Å². The van der Waals surface area contributed by atoms with E-state index in [1.165, 1.54) is 66.8 Å². The summed E-state index contributed by atoms with van der Waals surface area (Å²) in [4.78, 5) is 0. The van der Waals surface area contributed by atoms with E-state index < -0.39 is 0 Å². The van der Waals surface area contributed by atoms with Gasteiger partial charge in [-0.05, 0) is 0 Å². The van der Waals surface area contributed by atoms with Crippen LogP contribution in [0.5, 0.6) is 23.0 Å². The van der Waals surface area contributed by atoms with Crippen molar-refractivity contribution in [1.82, 2.24) is 0 Å². The van der Waals surface area contributed by atoms with Crippen LogP contribution in [-0.4, -0.2) is 133 Å². The van der Waals surface area contributed by atoms with Crippen molar-refractivity contribution in [2.24, 2.45) is 0 Å². The van der Waals surface area contributed by atoms with Gasteiger partial charge in [-0.15, -0.1) is 0 Å². The number of rotatable bonds is 4. The summed E-state index contributed by atoms with van der Waals surface area (Å²) in [7, 11) is 7.59. The van der Waals surface area contributed by atoms with Crippen LogP contribution in [0.4, 0.5) is 0 Å². The van der Waals surface area contributed by atoms with Crippen molar-refractivity contribution in [3.8, 4) is 23.0 Å². The Hall–Kier alpha value is 0.236. The fourth-order valence-electron chi connectivity index (χ4n) is 7.50. The number of methoxy groups -OCH3 is 4. The number of benzene rings is 4. The van der Waals surface area contributed by atoms with Crippen LogP contribution in [0.1, 0.15) is 150 Å². The minimum atomic E-state index is 0.0787. The normalized spacial score (nSPS) is 15.8. The zero-order valence-electron chi connectivity index (χ0n) is 41.2. The molecule has 352 valence electrons. The Kier molecular flexibility index (Phi) is 21.0. The molecule has 4 aromatic carbocycles. The van der Waals surface area contributed by atoms with Crippen molar-refractivity contribution in [3.63, 3.8) is 0 Å². The van der Waals surface area contributed by atoms with E-state index >= 15 is 0 Å². The molecule has 5 rings (SSSR count). The fraction of sp³-hybridized carbons (Fsp3) is 0.538. The Morgan fingerprint density at radius 3 is 0.484 bits per heavy atom. The third kappa shape index (κ3) is 15.1. The first kappa shape index (κ1) is 55.2. The number of hydrogen-bond acceptors (Lipinski definition) is 4. The van der Waals surface area contributed by atoms with Crippen LogP contribution >= 0.6 is 0 Å². The van der Waals surface area contributed by atoms with Crippen LogP contribution in [-0.2, 0) is 64.2 Å². The molecule has 0 N–H and O–H groups in total. The minimum absolute atomic E-state index is 0.0787. The molecule has 0 saturated carbocycles. The zero-order chi connectivity index (χ0) is 47.0. The van der Waals surface area contributed by atoms with Gasteiger partial charge in [-0.1, -0.05) is 0 Å². The van der Waals surface area contributed by atoms with E-state index in [0.717, 1.165) is 65.6 Å². The molecular formula is C52H72O4Se8. The molecule has 12 heteroatoms. The molecule has 0 saturated heterocycles. The zero-order valence-corrected chi connectivity index (χ0v) is 54.9. The summed E-state index contributed by atoms with van der Waals surface area (Å²) in [6, 6.07) is 19.8. The molecule has 0 unspecified atom stereocenters. The quantitative estimate of drug-likeness (QED) is 0.191. The molecule has 1 aliphatic heterocycles. The van der Waals surface area contributed by atoms with Gasteiger partial charge in [-0.2, -0.15) is 0 Å². The third-order valence-corrected chi connectivity index (χ3v) is 37.4. The van der Waals surface area contributed by atoms with Crippen molar-refractivity contribution in [2.45, 2.75) is 147 Å². The Balaban J connectivity index is 1.54. The van der Waals surface area contributed by atoms with Crippen LogP contribution in [0.2, 0.25) is 0 Å². The molecular weight excluding hydrogens is 1320 g/mol. The predicted molar refractivity (Wildman–Crippen MR) is 282 cm³/mol. The first-order valence-corrected chi connectivity index (χ1v) is 48.9. The van der Waals surface area contributed by atoms with Gasteiger partial charge >= 0.3 is 438 Å². The standard InChI is InChI=1S/C52H72O4Se8/c1-49(2,3)41-17-33-25-57-59-27-35-19-42(50(4,5)6)21-37(46(35)54-14)29-61-63-31-39-23-44(52(10,11)12)24-40(48(39)56-16)32-64-62-30-38-22-43(51(7,8)9)20-36(47(38)55-15)28-60-58-26-34(18-41)45(33)53-13/h17-24H,25-32H2,1-16H3. The summed E-state index contributed by atoms with van der Waals surface area (Å²) < 4.78 is 25.3. The van der Waals surface area contributed by atoms with Crippen LogP contribution in [0.3, 0.4) is 0 Å². The van der Waals surface area contributed by atoms with Crippen LogP contribution in [0, 0.1) is 0 Å². The van der Waals surface area contributed by atoms with Gasteiger partial charge < -0.3 is 0 Å². The van der Waals surface area contributed by atoms with Gasteiger partial charge in [0.2, 0.25) is 0 Å². The van der Waals surface area contributed by atoms with Crippen molar-refractivity contribution < 1.29 is 18.9 Å². The van der Waals surface area contributed by atoms with Crippen LogP contribution in [0.15, 0.2) is 48.5 Å². The molecule has 0 aliphatic carbocycles. The van der Waals surface area contributed by atoms with Gasteiger partial charge in [0.25, 0.3) is 0 Å². The molecule has 0 fully saturated rings. The van der Waals surface area contributed by atoms with Gasteiger partial charge in [0.15, 0.2) is 0 Å². The second-order valence-corrected chi connectivity index (χ2v) is 49.8. The van der Waals surface area contributed by atoms with Crippen molar-refractivity contribution in [1.29, 1.82) is 0 Å². The van der Waals surface area contributed by atoms with Gasteiger partial charge in [0.05, 0.1) is 0 Å². The van der Waals surface area contributed by atoms with Crippen LogP contribution < -0.4 is 18.9 Å². The molecule has 0 radical (unpaired) electrons. The topological polar surface area (TPSA) is 36.9 Å². The predicted octanol–water partition coefficient (Wildman–Crippen LogP) is 9.32. The van der Waals surface area contributed by atoms with Gasteiger partial charge in [0.1, 0.15) is 0 Å². The first-order valence-electron chi connectivity index (χ1n) is 21.9. The van der Waals surface area contributed by atoms with Gasteiger partial charge in [-0.25, -0.2) is 0 Å². The van der Waals surface area contributed by atoms with E-state index in [1.54, 1.807) is 0 Å². The second-order valence-electron chi connectivity index (χ2n) is 20.4. The van der Waals surface area contributed by atoms with E-state index in [0.29, 0.717) is 105 Å². The average Bonchev–Trinajstić information content (AvgIpc) is 3.21. The Morgan fingerprint density at radius 1 is 0.266 bits per heavy atom. The molecule has 1 aliphatic rings. The fourth-order valence-corrected chi connectivity index (χ4v) is 33.0.